The highest BCUT2D eigenvalue weighted by Crippen LogP contribution is 2.39. The van der Waals surface area contributed by atoms with Crippen molar-refractivity contribution >= 4 is 80.7 Å². The third-order valence-corrected chi connectivity index (χ3v) is 7.35. The van der Waals surface area contributed by atoms with Crippen LogP contribution in [0.1, 0.15) is 13.8 Å². The van der Waals surface area contributed by atoms with Crippen LogP contribution < -0.4 is 0 Å². The molecule has 144 valence electrons. The molecule has 10 nitrogen and oxygen atoms in total. The Balaban J connectivity index is 0.000000380. The first-order chi connectivity index (χ1) is 12.9. The van der Waals surface area contributed by atoms with E-state index in [0.29, 0.717) is 19.2 Å². The molecule has 0 amide bonds. The minimum absolute atomic E-state index is 0.00733. The maximum atomic E-state index is 10.6. The van der Waals surface area contributed by atoms with E-state index >= 15 is 0 Å². The van der Waals surface area contributed by atoms with Gasteiger partial charge in [0.2, 0.25) is 0 Å². The molecule has 0 aliphatic carbocycles. The number of ether oxygens (including phenoxy) is 1. The number of esters is 1. The van der Waals surface area contributed by atoms with Gasteiger partial charge in [0.1, 0.15) is 6.20 Å². The number of aromatic nitrogens is 5. The summed E-state index contributed by atoms with van der Waals surface area (Å²) in [6, 6.07) is 0. The second-order valence-corrected chi connectivity index (χ2v) is 10.7. The van der Waals surface area contributed by atoms with Gasteiger partial charge in [0.15, 0.2) is 21.3 Å². The molecule has 0 radical (unpaired) electrons. The van der Waals surface area contributed by atoms with Gasteiger partial charge in [0.25, 0.3) is 0 Å². The van der Waals surface area contributed by atoms with Crippen LogP contribution in [0.5, 0.6) is 0 Å². The summed E-state index contributed by atoms with van der Waals surface area (Å²) in [6.07, 6.45) is 1.24. The lowest BCUT2D eigenvalue weighted by Gasteiger charge is -1.89. The summed E-state index contributed by atoms with van der Waals surface area (Å²) in [7, 11) is 0. The molecule has 0 atom stereocenters. The molecule has 0 bridgehead atoms. The fourth-order valence-electron chi connectivity index (χ4n) is 1.27. The van der Waals surface area contributed by atoms with Crippen LogP contribution in [0.4, 0.5) is 5.00 Å². The maximum absolute atomic E-state index is 10.6. The Morgan fingerprint density at radius 3 is 2.37 bits per heavy atom. The Morgan fingerprint density at radius 1 is 1.26 bits per heavy atom. The van der Waals surface area contributed by atoms with Crippen molar-refractivity contribution in [2.24, 2.45) is 0 Å². The third kappa shape index (κ3) is 7.59. The first kappa shape index (κ1) is 21.8. The highest BCUT2D eigenvalue weighted by molar-refractivity contribution is 8.04. The topological polar surface area (TPSA) is 137 Å². The van der Waals surface area contributed by atoms with Crippen LogP contribution in [-0.2, 0) is 9.53 Å². The van der Waals surface area contributed by atoms with Crippen molar-refractivity contribution in [1.82, 2.24) is 25.4 Å². The van der Waals surface area contributed by atoms with Gasteiger partial charge in [-0.1, -0.05) is 22.7 Å². The molecule has 0 saturated heterocycles. The standard InChI is InChI=1S/C7H2N6O2S6.C4H8O2/c14-13(15)2-1-8-4(17-2)19-6-11-12-7(21-6)20-5-10-9-3(16)18-5;1-3-6-4(2)5/h1H,(H,9,16);3H2,1-2H3. The summed E-state index contributed by atoms with van der Waals surface area (Å²) in [5.74, 6) is -0.211. The normalized spacial score (nSPS) is 10.1. The number of carbonyl (C=O) groups excluding carboxylic acids is 1. The Labute approximate surface area is 178 Å². The lowest BCUT2D eigenvalue weighted by Crippen LogP contribution is -1.95. The maximum Gasteiger partial charge on any atom is 0.344 e. The minimum atomic E-state index is -0.464. The van der Waals surface area contributed by atoms with E-state index in [1.54, 1.807) is 6.92 Å². The number of H-pyrrole nitrogens is 1. The lowest BCUT2D eigenvalue weighted by molar-refractivity contribution is -0.380. The number of hydrogen-bond acceptors (Lipinski definition) is 14. The molecular formula is C11H10N6O4S6. The molecule has 0 spiro atoms. The highest BCUT2D eigenvalue weighted by atomic mass is 32.2. The van der Waals surface area contributed by atoms with Crippen molar-refractivity contribution < 1.29 is 14.5 Å². The van der Waals surface area contributed by atoms with Crippen molar-refractivity contribution in [3.8, 4) is 0 Å². The summed E-state index contributed by atoms with van der Waals surface area (Å²) in [5, 5.41) is 25.4. The molecule has 3 aromatic rings. The van der Waals surface area contributed by atoms with Gasteiger partial charge in [-0.05, 0) is 54.0 Å². The summed E-state index contributed by atoms with van der Waals surface area (Å²) in [4.78, 5) is 23.9. The molecule has 27 heavy (non-hydrogen) atoms. The molecule has 16 heteroatoms. The van der Waals surface area contributed by atoms with Crippen LogP contribution in [0.25, 0.3) is 0 Å². The first-order valence-corrected chi connectivity index (χ1v) is 11.3. The van der Waals surface area contributed by atoms with Crippen LogP contribution in [0.3, 0.4) is 0 Å². The number of aromatic amines is 1. The van der Waals surface area contributed by atoms with E-state index in [1.807, 2.05) is 0 Å². The predicted octanol–water partition coefficient (Wildman–Crippen LogP) is 4.29. The van der Waals surface area contributed by atoms with Gasteiger partial charge in [-0.2, -0.15) is 5.10 Å². The Kier molecular flexibility index (Phi) is 8.71. The quantitative estimate of drug-likeness (QED) is 0.233. The van der Waals surface area contributed by atoms with Crippen molar-refractivity contribution in [3.63, 3.8) is 0 Å². The molecule has 1 N–H and O–H groups in total. The Hall–Kier alpha value is -1.46. The summed E-state index contributed by atoms with van der Waals surface area (Å²) >= 11 is 11.3. The molecule has 3 rings (SSSR count). The van der Waals surface area contributed by atoms with E-state index in [9.17, 15) is 14.9 Å². The van der Waals surface area contributed by atoms with Crippen molar-refractivity contribution in [3.05, 3.63) is 20.3 Å². The molecule has 0 fully saturated rings. The fourth-order valence-corrected chi connectivity index (χ4v) is 6.56. The lowest BCUT2D eigenvalue weighted by atomic mass is 10.8. The molecule has 3 aromatic heterocycles. The van der Waals surface area contributed by atoms with Crippen molar-refractivity contribution in [2.45, 2.75) is 31.2 Å². The van der Waals surface area contributed by atoms with Crippen molar-refractivity contribution in [2.75, 3.05) is 6.61 Å². The average molecular weight is 483 g/mol. The number of carbonyl (C=O) groups is 1. The molecule has 3 heterocycles. The zero-order valence-corrected chi connectivity index (χ0v) is 18.5. The summed E-state index contributed by atoms with van der Waals surface area (Å²) in [6.45, 7) is 3.65. The van der Waals surface area contributed by atoms with Crippen LogP contribution in [-0.4, -0.2) is 42.9 Å². The Morgan fingerprint density at radius 2 is 1.93 bits per heavy atom. The van der Waals surface area contributed by atoms with Crippen LogP contribution in [0.15, 0.2) is 23.6 Å². The molecule has 0 unspecified atom stereocenters. The van der Waals surface area contributed by atoms with Gasteiger partial charge in [0.05, 0.1) is 11.5 Å². The monoisotopic (exact) mass is 482 g/mol. The number of rotatable bonds is 6. The fraction of sp³-hybridized carbons (Fsp3) is 0.273. The number of thiazole rings is 1. The van der Waals surface area contributed by atoms with Crippen LogP contribution in [0, 0.1) is 14.1 Å². The van der Waals surface area contributed by atoms with Gasteiger partial charge in [-0.3, -0.25) is 20.0 Å². The van der Waals surface area contributed by atoms with E-state index in [4.69, 9.17) is 12.2 Å². The molecule has 0 saturated carbocycles. The van der Waals surface area contributed by atoms with Gasteiger partial charge >= 0.3 is 11.0 Å². The largest absolute Gasteiger partial charge is 0.466 e. The minimum Gasteiger partial charge on any atom is -0.466 e. The summed E-state index contributed by atoms with van der Waals surface area (Å²) in [5.41, 5.74) is 0. The highest BCUT2D eigenvalue weighted by Gasteiger charge is 2.15. The van der Waals surface area contributed by atoms with E-state index in [0.717, 1.165) is 20.0 Å². The number of nitrogens with zero attached hydrogens (tertiary/aromatic N) is 5. The third-order valence-electron chi connectivity index (χ3n) is 2.16. The molecule has 0 aliphatic rings. The first-order valence-electron chi connectivity index (χ1n) is 6.85. The number of nitro groups is 1. The second-order valence-electron chi connectivity index (χ2n) is 4.06. The Bertz CT molecular complexity index is 964. The molecule has 0 aromatic carbocycles. The smallest absolute Gasteiger partial charge is 0.344 e. The number of hydrogen-bond donors (Lipinski definition) is 1. The van der Waals surface area contributed by atoms with Gasteiger partial charge in [0, 0.05) is 6.92 Å². The van der Waals surface area contributed by atoms with E-state index in [1.165, 1.54) is 59.3 Å². The van der Waals surface area contributed by atoms with Gasteiger partial charge in [-0.15, -0.1) is 10.2 Å². The van der Waals surface area contributed by atoms with E-state index in [-0.39, 0.29) is 11.0 Å². The second kappa shape index (κ2) is 10.8. The molecular weight excluding hydrogens is 473 g/mol. The SMILES string of the molecule is CCOC(C)=O.O=[N+]([O-])c1cnc(Sc2nnc(Sc3n[nH]c(=S)s3)s2)s1. The van der Waals surface area contributed by atoms with E-state index < -0.39 is 4.92 Å². The summed E-state index contributed by atoms with van der Waals surface area (Å²) < 4.78 is 7.72. The number of nitrogens with one attached hydrogen (secondary N) is 1. The zero-order valence-electron chi connectivity index (χ0n) is 13.6. The van der Waals surface area contributed by atoms with Gasteiger partial charge < -0.3 is 4.74 Å². The van der Waals surface area contributed by atoms with E-state index in [2.05, 4.69) is 30.1 Å². The van der Waals surface area contributed by atoms with Crippen LogP contribution >= 0.6 is 69.8 Å². The van der Waals surface area contributed by atoms with Crippen LogP contribution in [0.2, 0.25) is 0 Å². The van der Waals surface area contributed by atoms with Gasteiger partial charge in [-0.25, -0.2) is 4.98 Å². The molecule has 0 aliphatic heterocycles. The van der Waals surface area contributed by atoms with Crippen molar-refractivity contribution in [1.29, 1.82) is 0 Å². The zero-order chi connectivity index (χ0) is 19.8. The average Bonchev–Trinajstić information content (AvgIpc) is 3.31. The predicted molar refractivity (Wildman–Crippen MR) is 107 cm³/mol.